The highest BCUT2D eigenvalue weighted by Crippen LogP contribution is 2.10. The maximum absolute atomic E-state index is 11.1. The zero-order valence-electron chi connectivity index (χ0n) is 5.52. The van der Waals surface area contributed by atoms with Crippen molar-refractivity contribution in [1.29, 1.82) is 0 Å². The number of carboxylic acids is 1. The minimum atomic E-state index is -1.37. The van der Waals surface area contributed by atoms with Crippen LogP contribution in [-0.4, -0.2) is 21.0 Å². The molecule has 0 aliphatic heterocycles. The second kappa shape index (κ2) is 3.64. The highest BCUT2D eigenvalue weighted by Gasteiger charge is 2.07. The quantitative estimate of drug-likeness (QED) is 0.771. The molecular weight excluding hydrogens is 184 g/mol. The summed E-state index contributed by atoms with van der Waals surface area (Å²) in [6.07, 6.45) is 0. The predicted octanol–water partition coefficient (Wildman–Crippen LogP) is 0.940. The normalized spacial score (nSPS) is 12.7. The molecule has 0 fully saturated rings. The monoisotopic (exact) mass is 190 g/mol. The van der Waals surface area contributed by atoms with Crippen LogP contribution in [0.2, 0.25) is 0 Å². The average Bonchev–Trinajstić information content (AvgIpc) is 2.35. The van der Waals surface area contributed by atoms with Crippen LogP contribution in [0.15, 0.2) is 21.7 Å². The Balaban J connectivity index is 2.64. The number of carboxylic acid groups (broad SMARTS) is 1. The van der Waals surface area contributed by atoms with E-state index in [4.69, 9.17) is 5.11 Å². The van der Waals surface area contributed by atoms with Crippen molar-refractivity contribution in [3.05, 3.63) is 16.8 Å². The Kier molecular flexibility index (Phi) is 2.78. The first-order chi connectivity index (χ1) is 5.20. The number of hydrogen-bond donors (Lipinski definition) is 1. The van der Waals surface area contributed by atoms with Gasteiger partial charge in [0.05, 0.1) is 15.7 Å². The molecule has 1 atom stereocenters. The van der Waals surface area contributed by atoms with Crippen LogP contribution in [0.5, 0.6) is 0 Å². The molecule has 1 N–H and O–H groups in total. The van der Waals surface area contributed by atoms with E-state index in [9.17, 15) is 9.00 Å². The van der Waals surface area contributed by atoms with Crippen molar-refractivity contribution < 1.29 is 14.1 Å². The zero-order chi connectivity index (χ0) is 8.27. The van der Waals surface area contributed by atoms with Crippen LogP contribution in [0, 0.1) is 0 Å². The third-order valence-corrected chi connectivity index (χ3v) is 3.13. The summed E-state index contributed by atoms with van der Waals surface area (Å²) in [7, 11) is -1.37. The molecule has 0 spiro atoms. The number of rotatable bonds is 3. The van der Waals surface area contributed by atoms with E-state index in [2.05, 4.69) is 0 Å². The highest BCUT2D eigenvalue weighted by molar-refractivity contribution is 7.85. The number of thiophene rings is 1. The summed E-state index contributed by atoms with van der Waals surface area (Å²) >= 11 is 1.41. The number of carbonyl (C=O) groups is 1. The first-order valence-electron chi connectivity index (χ1n) is 2.82. The smallest absolute Gasteiger partial charge is 0.316 e. The Morgan fingerprint density at radius 2 is 2.45 bits per heavy atom. The van der Waals surface area contributed by atoms with E-state index in [-0.39, 0.29) is 5.75 Å². The second-order valence-electron chi connectivity index (χ2n) is 1.84. The molecule has 1 aromatic rings. The van der Waals surface area contributed by atoms with Crippen molar-refractivity contribution in [2.24, 2.45) is 0 Å². The molecule has 1 unspecified atom stereocenters. The van der Waals surface area contributed by atoms with Gasteiger partial charge in [-0.2, -0.15) is 11.3 Å². The van der Waals surface area contributed by atoms with E-state index >= 15 is 0 Å². The van der Waals surface area contributed by atoms with Crippen LogP contribution in [0.3, 0.4) is 0 Å². The van der Waals surface area contributed by atoms with Crippen molar-refractivity contribution in [3.63, 3.8) is 0 Å². The Hall–Kier alpha value is -0.680. The van der Waals surface area contributed by atoms with Gasteiger partial charge in [-0.1, -0.05) is 0 Å². The van der Waals surface area contributed by atoms with Gasteiger partial charge in [0, 0.05) is 5.38 Å². The fourth-order valence-electron chi connectivity index (χ4n) is 0.577. The molecule has 11 heavy (non-hydrogen) atoms. The van der Waals surface area contributed by atoms with Crippen molar-refractivity contribution >= 4 is 28.1 Å². The molecule has 0 bridgehead atoms. The number of hydrogen-bond acceptors (Lipinski definition) is 3. The second-order valence-corrected chi connectivity index (χ2v) is 4.07. The van der Waals surface area contributed by atoms with Gasteiger partial charge in [0.25, 0.3) is 0 Å². The van der Waals surface area contributed by atoms with Crippen LogP contribution < -0.4 is 0 Å². The van der Waals surface area contributed by atoms with E-state index in [1.54, 1.807) is 16.8 Å². The van der Waals surface area contributed by atoms with Gasteiger partial charge in [0.1, 0.15) is 5.75 Å². The third-order valence-electron chi connectivity index (χ3n) is 1.01. The first-order valence-corrected chi connectivity index (χ1v) is 5.08. The fraction of sp³-hybridized carbons (Fsp3) is 0.167. The Bertz CT molecular complexity index is 265. The van der Waals surface area contributed by atoms with Gasteiger partial charge in [-0.25, -0.2) is 0 Å². The summed E-state index contributed by atoms with van der Waals surface area (Å²) in [4.78, 5) is 10.7. The van der Waals surface area contributed by atoms with E-state index in [0.717, 1.165) is 0 Å². The van der Waals surface area contributed by atoms with Crippen molar-refractivity contribution in [2.45, 2.75) is 4.90 Å². The topological polar surface area (TPSA) is 54.4 Å². The van der Waals surface area contributed by atoms with Gasteiger partial charge in [-0.15, -0.1) is 0 Å². The first kappa shape index (κ1) is 8.42. The predicted molar refractivity (Wildman–Crippen MR) is 43.2 cm³/mol. The molecule has 0 aromatic carbocycles. The Labute approximate surface area is 70.1 Å². The maximum atomic E-state index is 11.1. The van der Waals surface area contributed by atoms with Gasteiger partial charge >= 0.3 is 5.97 Å². The van der Waals surface area contributed by atoms with E-state index in [0.29, 0.717) is 4.90 Å². The molecule has 0 saturated carbocycles. The lowest BCUT2D eigenvalue weighted by molar-refractivity contribution is -0.133. The zero-order valence-corrected chi connectivity index (χ0v) is 7.15. The molecule has 1 rings (SSSR count). The molecule has 60 valence electrons. The lowest BCUT2D eigenvalue weighted by Crippen LogP contribution is -2.08. The fourth-order valence-corrected chi connectivity index (χ4v) is 2.39. The van der Waals surface area contributed by atoms with Gasteiger partial charge in [0.15, 0.2) is 0 Å². The molecule has 0 radical (unpaired) electrons. The molecule has 1 heterocycles. The Morgan fingerprint density at radius 3 is 2.91 bits per heavy atom. The molecule has 0 amide bonds. The van der Waals surface area contributed by atoms with Crippen LogP contribution in [0.1, 0.15) is 0 Å². The molecule has 3 nitrogen and oxygen atoms in total. The van der Waals surface area contributed by atoms with Gasteiger partial charge in [-0.05, 0) is 11.4 Å². The third kappa shape index (κ3) is 2.44. The molecule has 0 aliphatic carbocycles. The lowest BCUT2D eigenvalue weighted by Gasteiger charge is -1.91. The van der Waals surface area contributed by atoms with Crippen molar-refractivity contribution in [3.8, 4) is 0 Å². The standard InChI is InChI=1S/C6H6O3S2/c7-6(8)4-11(9)5-1-2-10-3-5/h1-3H,4H2,(H,7,8). The van der Waals surface area contributed by atoms with Crippen LogP contribution in [0.25, 0.3) is 0 Å². The summed E-state index contributed by atoms with van der Waals surface area (Å²) in [5.41, 5.74) is 0. The summed E-state index contributed by atoms with van der Waals surface area (Å²) in [5.74, 6) is -1.34. The summed E-state index contributed by atoms with van der Waals surface area (Å²) in [5, 5.41) is 11.8. The van der Waals surface area contributed by atoms with E-state index < -0.39 is 16.8 Å². The SMILES string of the molecule is O=C(O)CS(=O)c1ccsc1. The molecular formula is C6H6O3S2. The Morgan fingerprint density at radius 1 is 1.73 bits per heavy atom. The molecule has 1 aromatic heterocycles. The molecule has 5 heteroatoms. The van der Waals surface area contributed by atoms with Gasteiger partial charge in [-0.3, -0.25) is 9.00 Å². The largest absolute Gasteiger partial charge is 0.481 e. The number of aliphatic carboxylic acids is 1. The molecule has 0 saturated heterocycles. The van der Waals surface area contributed by atoms with Gasteiger partial charge in [0.2, 0.25) is 0 Å². The highest BCUT2D eigenvalue weighted by atomic mass is 32.2. The lowest BCUT2D eigenvalue weighted by atomic mass is 10.7. The van der Waals surface area contributed by atoms with Crippen molar-refractivity contribution in [1.82, 2.24) is 0 Å². The van der Waals surface area contributed by atoms with Crippen LogP contribution >= 0.6 is 11.3 Å². The van der Waals surface area contributed by atoms with Crippen LogP contribution in [0.4, 0.5) is 0 Å². The van der Waals surface area contributed by atoms with Gasteiger partial charge < -0.3 is 5.11 Å². The van der Waals surface area contributed by atoms with E-state index in [1.165, 1.54) is 11.3 Å². The average molecular weight is 190 g/mol. The maximum Gasteiger partial charge on any atom is 0.316 e. The summed E-state index contributed by atoms with van der Waals surface area (Å²) < 4.78 is 11.1. The van der Waals surface area contributed by atoms with Crippen molar-refractivity contribution in [2.75, 3.05) is 5.75 Å². The summed E-state index contributed by atoms with van der Waals surface area (Å²) in [6.45, 7) is 0. The van der Waals surface area contributed by atoms with E-state index in [1.807, 2.05) is 0 Å². The minimum absolute atomic E-state index is 0.309. The van der Waals surface area contributed by atoms with Crippen LogP contribution in [-0.2, 0) is 15.6 Å². The minimum Gasteiger partial charge on any atom is -0.481 e. The molecule has 0 aliphatic rings. The summed E-state index contributed by atoms with van der Waals surface area (Å²) in [6, 6.07) is 1.67.